The molecule has 0 aliphatic heterocycles. The molecule has 0 unspecified atom stereocenters. The molecule has 0 aliphatic rings. The van der Waals surface area contributed by atoms with Crippen LogP contribution in [0.3, 0.4) is 0 Å². The zero-order chi connectivity index (χ0) is 11.6. The molecular formula is C15H15N. The number of rotatable bonds is 0. The molecular weight excluding hydrogens is 194 g/mol. The Morgan fingerprint density at radius 2 is 1.75 bits per heavy atom. The summed E-state index contributed by atoms with van der Waals surface area (Å²) in [6, 6.07) is 12.1. The van der Waals surface area contributed by atoms with Crippen molar-refractivity contribution in [2.24, 2.45) is 5.41 Å². The third kappa shape index (κ3) is 2.61. The van der Waals surface area contributed by atoms with Gasteiger partial charge in [0.2, 0.25) is 0 Å². The lowest BCUT2D eigenvalue weighted by atomic mass is 9.98. The molecule has 0 atom stereocenters. The van der Waals surface area contributed by atoms with E-state index in [4.69, 9.17) is 0 Å². The van der Waals surface area contributed by atoms with Crippen molar-refractivity contribution in [3.63, 3.8) is 0 Å². The quantitative estimate of drug-likeness (QED) is 0.604. The summed E-state index contributed by atoms with van der Waals surface area (Å²) in [7, 11) is 0. The van der Waals surface area contributed by atoms with Gasteiger partial charge in [-0.25, -0.2) is 4.98 Å². The van der Waals surface area contributed by atoms with E-state index in [1.54, 1.807) is 0 Å². The van der Waals surface area contributed by atoms with E-state index in [2.05, 4.69) is 49.7 Å². The van der Waals surface area contributed by atoms with Crippen LogP contribution in [-0.4, -0.2) is 4.98 Å². The second-order valence-corrected chi connectivity index (χ2v) is 4.89. The first-order chi connectivity index (χ1) is 7.54. The largest absolute Gasteiger partial charge is 0.239 e. The van der Waals surface area contributed by atoms with Crippen LogP contribution in [0.15, 0.2) is 36.4 Å². The van der Waals surface area contributed by atoms with Crippen molar-refractivity contribution >= 4 is 10.9 Å². The highest BCUT2D eigenvalue weighted by atomic mass is 14.7. The molecule has 2 rings (SSSR count). The van der Waals surface area contributed by atoms with Gasteiger partial charge in [-0.1, -0.05) is 30.2 Å². The Bertz CT molecular complexity index is 565. The van der Waals surface area contributed by atoms with Gasteiger partial charge >= 0.3 is 0 Å². The summed E-state index contributed by atoms with van der Waals surface area (Å²) in [5, 5.41) is 1.16. The topological polar surface area (TPSA) is 12.9 Å². The van der Waals surface area contributed by atoms with Gasteiger partial charge in [-0.15, -0.1) is 0 Å². The number of hydrogen-bond donors (Lipinski definition) is 0. The number of pyridine rings is 1. The van der Waals surface area contributed by atoms with E-state index in [1.165, 1.54) is 0 Å². The van der Waals surface area contributed by atoms with Crippen LogP contribution in [0.1, 0.15) is 26.5 Å². The van der Waals surface area contributed by atoms with Crippen molar-refractivity contribution in [3.05, 3.63) is 42.1 Å². The third-order valence-electron chi connectivity index (χ3n) is 2.16. The Kier molecular flexibility index (Phi) is 2.66. The van der Waals surface area contributed by atoms with Crippen LogP contribution < -0.4 is 0 Å². The Balaban J connectivity index is 2.43. The second kappa shape index (κ2) is 3.98. The maximum Gasteiger partial charge on any atom is 0.113 e. The fraction of sp³-hybridized carbons (Fsp3) is 0.267. The molecule has 0 saturated heterocycles. The number of nitrogens with zero attached hydrogens (tertiary/aromatic N) is 1. The van der Waals surface area contributed by atoms with E-state index >= 15 is 0 Å². The summed E-state index contributed by atoms with van der Waals surface area (Å²) in [4.78, 5) is 4.50. The first kappa shape index (κ1) is 10.7. The van der Waals surface area contributed by atoms with Crippen LogP contribution in [0.4, 0.5) is 0 Å². The maximum atomic E-state index is 4.50. The molecule has 0 N–H and O–H groups in total. The second-order valence-electron chi connectivity index (χ2n) is 4.89. The highest BCUT2D eigenvalue weighted by Gasteiger charge is 2.03. The monoisotopic (exact) mass is 209 g/mol. The molecule has 1 aromatic heterocycles. The normalized spacial score (nSPS) is 10.9. The third-order valence-corrected chi connectivity index (χ3v) is 2.16. The number of hydrogen-bond acceptors (Lipinski definition) is 1. The molecule has 0 saturated carbocycles. The molecule has 2 aromatic rings. The van der Waals surface area contributed by atoms with Crippen molar-refractivity contribution in [2.75, 3.05) is 0 Å². The van der Waals surface area contributed by atoms with E-state index in [9.17, 15) is 0 Å². The lowest BCUT2D eigenvalue weighted by Crippen LogP contribution is -1.99. The Labute approximate surface area is 96.5 Å². The summed E-state index contributed by atoms with van der Waals surface area (Å²) in [6.07, 6.45) is 0. The molecule has 0 radical (unpaired) electrons. The van der Waals surface area contributed by atoms with Gasteiger partial charge in [0.25, 0.3) is 0 Å². The predicted molar refractivity (Wildman–Crippen MR) is 68.1 cm³/mol. The van der Waals surface area contributed by atoms with Gasteiger partial charge in [-0.3, -0.25) is 0 Å². The van der Waals surface area contributed by atoms with E-state index in [1.807, 2.05) is 24.3 Å². The van der Waals surface area contributed by atoms with Crippen molar-refractivity contribution in [2.45, 2.75) is 20.8 Å². The standard InChI is InChI=1S/C15H15N/c1-15(2,3)11-10-13-9-8-12-6-4-5-7-14(12)16-13/h4-9H,1-3H3. The van der Waals surface area contributed by atoms with Crippen LogP contribution in [0, 0.1) is 17.3 Å². The molecule has 1 heteroatoms. The van der Waals surface area contributed by atoms with Gasteiger partial charge in [-0.2, -0.15) is 0 Å². The predicted octanol–water partition coefficient (Wildman–Crippen LogP) is 3.63. The summed E-state index contributed by atoms with van der Waals surface area (Å²) < 4.78 is 0. The minimum Gasteiger partial charge on any atom is -0.239 e. The molecule has 1 aromatic carbocycles. The minimum absolute atomic E-state index is 0.0212. The fourth-order valence-corrected chi connectivity index (χ4v) is 1.39. The van der Waals surface area contributed by atoms with Gasteiger partial charge in [-0.05, 0) is 38.8 Å². The average Bonchev–Trinajstić information content (AvgIpc) is 2.25. The average molecular weight is 209 g/mol. The number of benzene rings is 1. The first-order valence-electron chi connectivity index (χ1n) is 5.44. The van der Waals surface area contributed by atoms with E-state index in [0.29, 0.717) is 0 Å². The van der Waals surface area contributed by atoms with Crippen molar-refractivity contribution in [1.29, 1.82) is 0 Å². The van der Waals surface area contributed by atoms with Gasteiger partial charge in [0.15, 0.2) is 0 Å². The summed E-state index contributed by atoms with van der Waals surface area (Å²) >= 11 is 0. The molecule has 0 spiro atoms. The highest BCUT2D eigenvalue weighted by Crippen LogP contribution is 2.13. The van der Waals surface area contributed by atoms with Crippen LogP contribution in [0.5, 0.6) is 0 Å². The molecule has 80 valence electrons. The SMILES string of the molecule is CC(C)(C)C#Cc1ccc2ccccc2n1. The van der Waals surface area contributed by atoms with Crippen LogP contribution in [0.2, 0.25) is 0 Å². The fourth-order valence-electron chi connectivity index (χ4n) is 1.39. The molecule has 0 aliphatic carbocycles. The van der Waals surface area contributed by atoms with Crippen molar-refractivity contribution in [3.8, 4) is 11.8 Å². The first-order valence-corrected chi connectivity index (χ1v) is 5.44. The molecule has 0 fully saturated rings. The van der Waals surface area contributed by atoms with E-state index in [0.717, 1.165) is 16.6 Å². The van der Waals surface area contributed by atoms with Crippen molar-refractivity contribution in [1.82, 2.24) is 4.98 Å². The minimum atomic E-state index is 0.0212. The Morgan fingerprint density at radius 3 is 2.50 bits per heavy atom. The molecule has 16 heavy (non-hydrogen) atoms. The van der Waals surface area contributed by atoms with Gasteiger partial charge in [0.1, 0.15) is 5.69 Å². The smallest absolute Gasteiger partial charge is 0.113 e. The zero-order valence-corrected chi connectivity index (χ0v) is 9.91. The van der Waals surface area contributed by atoms with E-state index < -0.39 is 0 Å². The lowest BCUT2D eigenvalue weighted by molar-refractivity contribution is 0.571. The molecule has 1 nitrogen and oxygen atoms in total. The lowest BCUT2D eigenvalue weighted by Gasteiger charge is -2.06. The number of para-hydroxylation sites is 1. The molecule has 1 heterocycles. The zero-order valence-electron chi connectivity index (χ0n) is 9.91. The molecule has 0 amide bonds. The summed E-state index contributed by atoms with van der Waals surface area (Å²) in [5.74, 6) is 6.31. The Hall–Kier alpha value is -1.81. The Morgan fingerprint density at radius 1 is 1.00 bits per heavy atom. The summed E-state index contributed by atoms with van der Waals surface area (Å²) in [5.41, 5.74) is 1.87. The van der Waals surface area contributed by atoms with Crippen LogP contribution >= 0.6 is 0 Å². The van der Waals surface area contributed by atoms with E-state index in [-0.39, 0.29) is 5.41 Å². The van der Waals surface area contributed by atoms with Crippen LogP contribution in [-0.2, 0) is 0 Å². The number of fused-ring (bicyclic) bond motifs is 1. The van der Waals surface area contributed by atoms with Crippen molar-refractivity contribution < 1.29 is 0 Å². The van der Waals surface area contributed by atoms with Gasteiger partial charge in [0.05, 0.1) is 5.52 Å². The summed E-state index contributed by atoms with van der Waals surface area (Å²) in [6.45, 7) is 6.29. The maximum absolute atomic E-state index is 4.50. The van der Waals surface area contributed by atoms with Crippen LogP contribution in [0.25, 0.3) is 10.9 Å². The highest BCUT2D eigenvalue weighted by molar-refractivity contribution is 5.78. The number of aromatic nitrogens is 1. The van der Waals surface area contributed by atoms with Gasteiger partial charge in [0, 0.05) is 10.8 Å². The molecule has 0 bridgehead atoms. The van der Waals surface area contributed by atoms with Gasteiger partial charge < -0.3 is 0 Å².